The molecule has 0 fully saturated rings. The Morgan fingerprint density at radius 1 is 1.33 bits per heavy atom. The van der Waals surface area contributed by atoms with E-state index in [4.69, 9.17) is 15.6 Å². The molecule has 5 nitrogen and oxygen atoms in total. The van der Waals surface area contributed by atoms with Gasteiger partial charge in [0, 0.05) is 5.56 Å². The molecule has 1 heterocycles. The van der Waals surface area contributed by atoms with Crippen molar-refractivity contribution in [2.75, 3.05) is 12.8 Å². The zero-order valence-electron chi connectivity index (χ0n) is 9.75. The number of ether oxygens (including phenoxy) is 1. The summed E-state index contributed by atoms with van der Waals surface area (Å²) in [5.74, 6) is -0.212. The Balaban J connectivity index is 2.47. The first-order valence-electron chi connectivity index (χ1n) is 5.26. The van der Waals surface area contributed by atoms with E-state index in [9.17, 15) is 4.79 Å². The van der Waals surface area contributed by atoms with Crippen LogP contribution >= 0.6 is 0 Å². The Morgan fingerprint density at radius 3 is 2.72 bits per heavy atom. The molecule has 5 heteroatoms. The summed E-state index contributed by atoms with van der Waals surface area (Å²) >= 11 is 0. The molecule has 0 spiro atoms. The van der Waals surface area contributed by atoms with Crippen LogP contribution in [-0.4, -0.2) is 23.2 Å². The SMILES string of the molecule is COc1cccc(-c2ccc(C(=O)O)nc2N)c1. The van der Waals surface area contributed by atoms with Gasteiger partial charge in [-0.1, -0.05) is 12.1 Å². The van der Waals surface area contributed by atoms with Crippen molar-refractivity contribution in [2.45, 2.75) is 0 Å². The van der Waals surface area contributed by atoms with Crippen molar-refractivity contribution in [1.82, 2.24) is 4.98 Å². The summed E-state index contributed by atoms with van der Waals surface area (Å²) in [5.41, 5.74) is 7.21. The average Bonchev–Trinajstić information content (AvgIpc) is 2.38. The van der Waals surface area contributed by atoms with Crippen LogP contribution in [0.15, 0.2) is 36.4 Å². The number of hydrogen-bond donors (Lipinski definition) is 2. The fourth-order valence-corrected chi connectivity index (χ4v) is 1.63. The molecule has 3 N–H and O–H groups in total. The van der Waals surface area contributed by atoms with E-state index in [2.05, 4.69) is 4.98 Å². The second kappa shape index (κ2) is 4.75. The van der Waals surface area contributed by atoms with Crippen LogP contribution in [0.1, 0.15) is 10.5 Å². The van der Waals surface area contributed by atoms with Crippen molar-refractivity contribution in [2.24, 2.45) is 0 Å². The van der Waals surface area contributed by atoms with Gasteiger partial charge in [-0.2, -0.15) is 0 Å². The van der Waals surface area contributed by atoms with E-state index in [-0.39, 0.29) is 11.5 Å². The van der Waals surface area contributed by atoms with Crippen LogP contribution in [-0.2, 0) is 0 Å². The molecule has 2 aromatic rings. The summed E-state index contributed by atoms with van der Waals surface area (Å²) in [6, 6.07) is 10.4. The number of benzene rings is 1. The molecule has 0 saturated carbocycles. The number of carbonyl (C=O) groups is 1. The van der Waals surface area contributed by atoms with E-state index >= 15 is 0 Å². The second-order valence-electron chi connectivity index (χ2n) is 3.67. The molecule has 0 unspecified atom stereocenters. The number of nitrogen functional groups attached to an aromatic ring is 1. The molecule has 0 aliphatic heterocycles. The molecule has 1 aromatic heterocycles. The third-order valence-electron chi connectivity index (χ3n) is 2.52. The first-order chi connectivity index (χ1) is 8.61. The van der Waals surface area contributed by atoms with Gasteiger partial charge in [-0.15, -0.1) is 0 Å². The maximum atomic E-state index is 10.8. The number of hydrogen-bond acceptors (Lipinski definition) is 4. The van der Waals surface area contributed by atoms with Crippen molar-refractivity contribution in [1.29, 1.82) is 0 Å². The van der Waals surface area contributed by atoms with E-state index in [0.717, 1.165) is 5.56 Å². The van der Waals surface area contributed by atoms with Gasteiger partial charge in [0.15, 0.2) is 5.69 Å². The molecule has 2 rings (SSSR count). The molecule has 0 atom stereocenters. The highest BCUT2D eigenvalue weighted by Crippen LogP contribution is 2.27. The van der Waals surface area contributed by atoms with Crippen LogP contribution in [0.4, 0.5) is 5.82 Å². The van der Waals surface area contributed by atoms with Gasteiger partial charge in [0.1, 0.15) is 11.6 Å². The van der Waals surface area contributed by atoms with E-state index in [1.165, 1.54) is 6.07 Å². The number of aromatic carboxylic acids is 1. The van der Waals surface area contributed by atoms with E-state index in [1.54, 1.807) is 13.2 Å². The molecule has 0 aliphatic carbocycles. The molecular weight excluding hydrogens is 232 g/mol. The summed E-state index contributed by atoms with van der Waals surface area (Å²) in [6.45, 7) is 0. The number of methoxy groups -OCH3 is 1. The van der Waals surface area contributed by atoms with Crippen molar-refractivity contribution >= 4 is 11.8 Å². The lowest BCUT2D eigenvalue weighted by atomic mass is 10.1. The standard InChI is InChI=1S/C13H12N2O3/c1-18-9-4-2-3-8(7-9)10-5-6-11(13(16)17)15-12(10)14/h2-7H,1H3,(H2,14,15)(H,16,17). The van der Waals surface area contributed by atoms with Crippen LogP contribution in [0.5, 0.6) is 5.75 Å². The Hall–Kier alpha value is -2.56. The van der Waals surface area contributed by atoms with Gasteiger partial charge in [-0.05, 0) is 29.8 Å². The highest BCUT2D eigenvalue weighted by atomic mass is 16.5. The van der Waals surface area contributed by atoms with Crippen LogP contribution in [0.25, 0.3) is 11.1 Å². The van der Waals surface area contributed by atoms with E-state index in [0.29, 0.717) is 11.3 Å². The maximum Gasteiger partial charge on any atom is 0.354 e. The minimum Gasteiger partial charge on any atom is -0.497 e. The second-order valence-corrected chi connectivity index (χ2v) is 3.67. The van der Waals surface area contributed by atoms with Crippen LogP contribution < -0.4 is 10.5 Å². The zero-order chi connectivity index (χ0) is 13.1. The Labute approximate surface area is 104 Å². The molecule has 0 aliphatic rings. The third-order valence-corrected chi connectivity index (χ3v) is 2.52. The van der Waals surface area contributed by atoms with E-state index < -0.39 is 5.97 Å². The number of carboxylic acids is 1. The molecule has 18 heavy (non-hydrogen) atoms. The minimum atomic E-state index is -1.10. The summed E-state index contributed by atoms with van der Waals surface area (Å²) in [5, 5.41) is 8.81. The first kappa shape index (κ1) is 11.9. The van der Waals surface area contributed by atoms with Gasteiger partial charge in [0.05, 0.1) is 7.11 Å². The summed E-state index contributed by atoms with van der Waals surface area (Å²) in [7, 11) is 1.58. The lowest BCUT2D eigenvalue weighted by Crippen LogP contribution is -2.04. The smallest absolute Gasteiger partial charge is 0.354 e. The van der Waals surface area contributed by atoms with Crippen molar-refractivity contribution in [3.05, 3.63) is 42.1 Å². The quantitative estimate of drug-likeness (QED) is 0.862. The minimum absolute atomic E-state index is 0.0702. The highest BCUT2D eigenvalue weighted by Gasteiger charge is 2.09. The van der Waals surface area contributed by atoms with Crippen molar-refractivity contribution in [3.8, 4) is 16.9 Å². The normalized spacial score (nSPS) is 10.1. The van der Waals surface area contributed by atoms with Gasteiger partial charge in [0.2, 0.25) is 0 Å². The number of nitrogens with two attached hydrogens (primary N) is 1. The van der Waals surface area contributed by atoms with Gasteiger partial charge >= 0.3 is 5.97 Å². The molecule has 0 radical (unpaired) electrons. The predicted molar refractivity (Wildman–Crippen MR) is 67.6 cm³/mol. The van der Waals surface area contributed by atoms with Crippen molar-refractivity contribution in [3.63, 3.8) is 0 Å². The number of nitrogens with zero attached hydrogens (tertiary/aromatic N) is 1. The topological polar surface area (TPSA) is 85.4 Å². The lowest BCUT2D eigenvalue weighted by Gasteiger charge is -2.07. The third kappa shape index (κ3) is 2.24. The van der Waals surface area contributed by atoms with E-state index in [1.807, 2.05) is 24.3 Å². The molecule has 92 valence electrons. The van der Waals surface area contributed by atoms with Gasteiger partial charge < -0.3 is 15.6 Å². The molecule has 1 aromatic carbocycles. The summed E-state index contributed by atoms with van der Waals surface area (Å²) in [6.07, 6.45) is 0. The predicted octanol–water partition coefficient (Wildman–Crippen LogP) is 2.04. The molecule has 0 amide bonds. The molecule has 0 bridgehead atoms. The van der Waals surface area contributed by atoms with Gasteiger partial charge in [-0.3, -0.25) is 0 Å². The maximum absolute atomic E-state index is 10.8. The largest absolute Gasteiger partial charge is 0.497 e. The fourth-order valence-electron chi connectivity index (χ4n) is 1.63. The average molecular weight is 244 g/mol. The summed E-state index contributed by atoms with van der Waals surface area (Å²) < 4.78 is 5.12. The van der Waals surface area contributed by atoms with Crippen LogP contribution in [0, 0.1) is 0 Å². The Bertz CT molecular complexity index is 597. The first-order valence-corrected chi connectivity index (χ1v) is 5.26. The Kier molecular flexibility index (Phi) is 3.14. The zero-order valence-corrected chi connectivity index (χ0v) is 9.75. The number of pyridine rings is 1. The van der Waals surface area contributed by atoms with Gasteiger partial charge in [-0.25, -0.2) is 9.78 Å². The number of rotatable bonds is 3. The number of anilines is 1. The fraction of sp³-hybridized carbons (Fsp3) is 0.0769. The monoisotopic (exact) mass is 244 g/mol. The highest BCUT2D eigenvalue weighted by molar-refractivity contribution is 5.87. The number of aromatic nitrogens is 1. The van der Waals surface area contributed by atoms with Gasteiger partial charge in [0.25, 0.3) is 0 Å². The van der Waals surface area contributed by atoms with Crippen LogP contribution in [0.3, 0.4) is 0 Å². The lowest BCUT2D eigenvalue weighted by molar-refractivity contribution is 0.0690. The van der Waals surface area contributed by atoms with Crippen molar-refractivity contribution < 1.29 is 14.6 Å². The summed E-state index contributed by atoms with van der Waals surface area (Å²) in [4.78, 5) is 14.6. The molecule has 0 saturated heterocycles. The Morgan fingerprint density at radius 2 is 2.11 bits per heavy atom. The molecular formula is C13H12N2O3. The van der Waals surface area contributed by atoms with Crippen LogP contribution in [0.2, 0.25) is 0 Å². The number of carboxylic acid groups (broad SMARTS) is 1.